The third-order valence-corrected chi connectivity index (χ3v) is 5.79. The Kier molecular flexibility index (Phi) is 3.24. The summed E-state index contributed by atoms with van der Waals surface area (Å²) in [6.45, 7) is 1.66. The SMILES string of the molecule is CC1(NC(=O)NC2(C(=O)O)CCC2)CCS(=O)(=O)C1. The predicted octanol–water partition coefficient (Wildman–Crippen LogP) is -0.130. The predicted molar refractivity (Wildman–Crippen MR) is 67.6 cm³/mol. The van der Waals surface area contributed by atoms with Crippen LogP contribution in [-0.4, -0.2) is 48.1 Å². The Morgan fingerprint density at radius 3 is 2.16 bits per heavy atom. The van der Waals surface area contributed by atoms with E-state index in [1.165, 1.54) is 0 Å². The van der Waals surface area contributed by atoms with Crippen molar-refractivity contribution in [2.24, 2.45) is 0 Å². The van der Waals surface area contributed by atoms with Gasteiger partial charge in [0, 0.05) is 0 Å². The Bertz CT molecular complexity index is 511. The Hall–Kier alpha value is -1.31. The molecule has 1 aliphatic heterocycles. The molecule has 2 aliphatic rings. The maximum Gasteiger partial charge on any atom is 0.329 e. The number of amides is 2. The van der Waals surface area contributed by atoms with Crippen molar-refractivity contribution in [3.05, 3.63) is 0 Å². The van der Waals surface area contributed by atoms with Crippen LogP contribution in [0.2, 0.25) is 0 Å². The summed E-state index contributed by atoms with van der Waals surface area (Å²) < 4.78 is 22.8. The molecule has 3 N–H and O–H groups in total. The van der Waals surface area contributed by atoms with Crippen molar-refractivity contribution in [3.8, 4) is 0 Å². The van der Waals surface area contributed by atoms with Crippen molar-refractivity contribution in [1.29, 1.82) is 0 Å². The minimum Gasteiger partial charge on any atom is -0.480 e. The molecule has 1 aliphatic carbocycles. The lowest BCUT2D eigenvalue weighted by Crippen LogP contribution is -2.63. The first-order valence-corrected chi connectivity index (χ1v) is 8.03. The molecule has 1 unspecified atom stereocenters. The number of urea groups is 1. The Morgan fingerprint density at radius 1 is 1.16 bits per heavy atom. The molecule has 2 rings (SSSR count). The number of carboxylic acids is 1. The standard InChI is InChI=1S/C11H18N2O5S/c1-10(5-6-19(17,18)7-10)12-9(16)13-11(8(14)15)3-2-4-11/h2-7H2,1H3,(H,14,15)(H2,12,13,16). The van der Waals surface area contributed by atoms with E-state index in [-0.39, 0.29) is 11.5 Å². The van der Waals surface area contributed by atoms with Crippen LogP contribution < -0.4 is 10.6 Å². The van der Waals surface area contributed by atoms with Crippen molar-refractivity contribution in [2.45, 2.75) is 43.7 Å². The van der Waals surface area contributed by atoms with Gasteiger partial charge in [-0.25, -0.2) is 18.0 Å². The maximum atomic E-state index is 11.8. The third kappa shape index (κ3) is 2.83. The van der Waals surface area contributed by atoms with E-state index < -0.39 is 32.9 Å². The summed E-state index contributed by atoms with van der Waals surface area (Å²) in [4.78, 5) is 23.0. The molecule has 0 radical (unpaired) electrons. The van der Waals surface area contributed by atoms with E-state index >= 15 is 0 Å². The Labute approximate surface area is 111 Å². The minimum atomic E-state index is -3.11. The van der Waals surface area contributed by atoms with Gasteiger partial charge in [0.25, 0.3) is 0 Å². The number of carbonyl (C=O) groups is 2. The summed E-state index contributed by atoms with van der Waals surface area (Å²) >= 11 is 0. The van der Waals surface area contributed by atoms with Gasteiger partial charge in [-0.05, 0) is 32.6 Å². The van der Waals surface area contributed by atoms with Gasteiger partial charge in [-0.3, -0.25) is 0 Å². The molecule has 1 heterocycles. The third-order valence-electron chi connectivity index (χ3n) is 3.89. The van der Waals surface area contributed by atoms with Gasteiger partial charge in [-0.1, -0.05) is 0 Å². The normalized spacial score (nSPS) is 31.2. The topological polar surface area (TPSA) is 113 Å². The van der Waals surface area contributed by atoms with Gasteiger partial charge in [-0.15, -0.1) is 0 Å². The molecule has 1 saturated carbocycles. The quantitative estimate of drug-likeness (QED) is 0.670. The van der Waals surface area contributed by atoms with Crippen molar-refractivity contribution in [2.75, 3.05) is 11.5 Å². The molecule has 0 aromatic rings. The van der Waals surface area contributed by atoms with Gasteiger partial charge in [0.1, 0.15) is 5.54 Å². The number of nitrogens with one attached hydrogen (secondary N) is 2. The molecule has 108 valence electrons. The molecule has 2 amide bonds. The summed E-state index contributed by atoms with van der Waals surface area (Å²) in [6.07, 6.45) is 1.93. The van der Waals surface area contributed by atoms with Crippen molar-refractivity contribution in [3.63, 3.8) is 0 Å². The van der Waals surface area contributed by atoms with Crippen LogP contribution in [-0.2, 0) is 14.6 Å². The zero-order valence-corrected chi connectivity index (χ0v) is 11.5. The van der Waals surface area contributed by atoms with Gasteiger partial charge in [0.05, 0.1) is 17.0 Å². The van der Waals surface area contributed by atoms with E-state index in [0.29, 0.717) is 19.3 Å². The van der Waals surface area contributed by atoms with E-state index in [0.717, 1.165) is 6.42 Å². The lowest BCUT2D eigenvalue weighted by Gasteiger charge is -2.39. The van der Waals surface area contributed by atoms with Gasteiger partial charge >= 0.3 is 12.0 Å². The molecule has 0 bridgehead atoms. The second-order valence-corrected chi connectivity index (χ2v) is 7.91. The summed E-state index contributed by atoms with van der Waals surface area (Å²) in [5.74, 6) is -1.10. The van der Waals surface area contributed by atoms with Crippen LogP contribution in [0.1, 0.15) is 32.6 Å². The van der Waals surface area contributed by atoms with Crippen LogP contribution in [0.15, 0.2) is 0 Å². The zero-order valence-electron chi connectivity index (χ0n) is 10.7. The van der Waals surface area contributed by atoms with Crippen molar-refractivity contribution < 1.29 is 23.1 Å². The number of hydrogen-bond acceptors (Lipinski definition) is 4. The highest BCUT2D eigenvalue weighted by atomic mass is 32.2. The summed E-state index contributed by atoms with van der Waals surface area (Å²) in [6, 6.07) is -0.610. The van der Waals surface area contributed by atoms with Gasteiger partial charge < -0.3 is 15.7 Å². The highest BCUT2D eigenvalue weighted by molar-refractivity contribution is 7.91. The molecule has 1 saturated heterocycles. The number of sulfone groups is 1. The van der Waals surface area contributed by atoms with E-state index in [2.05, 4.69) is 10.6 Å². The number of hydrogen-bond donors (Lipinski definition) is 3. The molecular weight excluding hydrogens is 272 g/mol. The monoisotopic (exact) mass is 290 g/mol. The molecule has 1 atom stereocenters. The van der Waals surface area contributed by atoms with Crippen LogP contribution in [0.3, 0.4) is 0 Å². The van der Waals surface area contributed by atoms with Gasteiger partial charge in [-0.2, -0.15) is 0 Å². The van der Waals surface area contributed by atoms with Crippen LogP contribution in [0.5, 0.6) is 0 Å². The maximum absolute atomic E-state index is 11.8. The Morgan fingerprint density at radius 2 is 1.79 bits per heavy atom. The van der Waals surface area contributed by atoms with Crippen molar-refractivity contribution in [1.82, 2.24) is 10.6 Å². The molecule has 0 aromatic carbocycles. The summed E-state index contributed by atoms with van der Waals surface area (Å²) in [5.41, 5.74) is -2.00. The van der Waals surface area contributed by atoms with E-state index in [9.17, 15) is 18.0 Å². The van der Waals surface area contributed by atoms with Crippen molar-refractivity contribution >= 4 is 21.8 Å². The van der Waals surface area contributed by atoms with Crippen LogP contribution in [0.25, 0.3) is 0 Å². The average molecular weight is 290 g/mol. The zero-order chi connectivity index (χ0) is 14.3. The fourth-order valence-corrected chi connectivity index (χ4v) is 4.65. The summed E-state index contributed by atoms with van der Waals surface area (Å²) in [5, 5.41) is 14.2. The second kappa shape index (κ2) is 4.36. The largest absolute Gasteiger partial charge is 0.480 e. The first-order chi connectivity index (χ1) is 8.67. The lowest BCUT2D eigenvalue weighted by molar-refractivity contribution is -0.148. The lowest BCUT2D eigenvalue weighted by atomic mass is 9.77. The molecule has 0 spiro atoms. The van der Waals surface area contributed by atoms with Crippen LogP contribution in [0, 0.1) is 0 Å². The molecule has 19 heavy (non-hydrogen) atoms. The van der Waals surface area contributed by atoms with Gasteiger partial charge in [0.15, 0.2) is 9.84 Å². The van der Waals surface area contributed by atoms with E-state index in [1.807, 2.05) is 0 Å². The van der Waals surface area contributed by atoms with Crippen LogP contribution >= 0.6 is 0 Å². The minimum absolute atomic E-state index is 0.0495. The summed E-state index contributed by atoms with van der Waals surface area (Å²) in [7, 11) is -3.11. The molecule has 0 aromatic heterocycles. The first kappa shape index (κ1) is 14.1. The number of carboxylic acid groups (broad SMARTS) is 1. The van der Waals surface area contributed by atoms with E-state index in [1.54, 1.807) is 6.92 Å². The first-order valence-electron chi connectivity index (χ1n) is 6.21. The highest BCUT2D eigenvalue weighted by Gasteiger charge is 2.47. The smallest absolute Gasteiger partial charge is 0.329 e. The fourth-order valence-electron chi connectivity index (χ4n) is 2.55. The van der Waals surface area contributed by atoms with Gasteiger partial charge in [0.2, 0.25) is 0 Å². The molecule has 7 nitrogen and oxygen atoms in total. The number of aliphatic carboxylic acids is 1. The van der Waals surface area contributed by atoms with E-state index in [4.69, 9.17) is 5.11 Å². The Balaban J connectivity index is 1.97. The number of carbonyl (C=O) groups excluding carboxylic acids is 1. The second-order valence-electron chi connectivity index (χ2n) is 5.72. The molecule has 8 heteroatoms. The fraction of sp³-hybridized carbons (Fsp3) is 0.818. The molecular formula is C11H18N2O5S. The molecule has 2 fully saturated rings. The average Bonchev–Trinajstić information content (AvgIpc) is 2.46. The highest BCUT2D eigenvalue weighted by Crippen LogP contribution is 2.32. The van der Waals surface area contributed by atoms with Crippen LogP contribution in [0.4, 0.5) is 4.79 Å². The number of rotatable bonds is 3.